The number of nitrogens with zero attached hydrogens (tertiary/aromatic N) is 2. The summed E-state index contributed by atoms with van der Waals surface area (Å²) in [6, 6.07) is 16.9. The van der Waals surface area contributed by atoms with Crippen LogP contribution in [0.1, 0.15) is 35.8 Å². The number of nitrogen functional groups attached to an aromatic ring is 1. The second-order valence-electron chi connectivity index (χ2n) is 8.48. The average molecular weight is 538 g/mol. The molecule has 6 N–H and O–H groups in total. The first-order valence-electron chi connectivity index (χ1n) is 11.8. The lowest BCUT2D eigenvalue weighted by Gasteiger charge is -2.33. The highest BCUT2D eigenvalue weighted by atomic mass is 35.5. The van der Waals surface area contributed by atoms with Crippen LogP contribution < -0.4 is 16.8 Å². The first-order valence-corrected chi connectivity index (χ1v) is 13.0. The van der Waals surface area contributed by atoms with Crippen LogP contribution in [0.25, 0.3) is 21.3 Å². The minimum absolute atomic E-state index is 0.363. The molecule has 0 spiro atoms. The number of benzene rings is 3. The van der Waals surface area contributed by atoms with Gasteiger partial charge >= 0.3 is 0 Å². The Bertz CT molecular complexity index is 1450. The third-order valence-corrected chi connectivity index (χ3v) is 7.44. The van der Waals surface area contributed by atoms with E-state index in [2.05, 4.69) is 10.3 Å². The quantitative estimate of drug-likeness (QED) is 0.245. The van der Waals surface area contributed by atoms with Gasteiger partial charge in [-0.1, -0.05) is 67.1 Å². The number of likely N-dealkylation sites (N-methyl/N-ethyl adjacent to an activating group) is 1. The first kappa shape index (κ1) is 26.6. The number of fused-ring (bicyclic) bond motifs is 1. The molecule has 0 saturated heterocycles. The Morgan fingerprint density at radius 1 is 1.11 bits per heavy atom. The lowest BCUT2D eigenvalue weighted by atomic mass is 9.94. The molecular weight excluding hydrogens is 510 g/mol. The molecule has 10 heteroatoms. The van der Waals surface area contributed by atoms with Gasteiger partial charge in [0.05, 0.1) is 16.3 Å². The maximum atomic E-state index is 13.2. The smallest absolute Gasteiger partial charge is 0.255 e. The number of aliphatic hydroxyl groups excluding tert-OH is 1. The lowest BCUT2D eigenvalue weighted by Crippen LogP contribution is -2.43. The second-order valence-corrected chi connectivity index (χ2v) is 9.95. The molecule has 0 saturated carbocycles. The van der Waals surface area contributed by atoms with E-state index >= 15 is 0 Å². The van der Waals surface area contributed by atoms with Gasteiger partial charge < -0.3 is 21.9 Å². The van der Waals surface area contributed by atoms with E-state index in [9.17, 15) is 14.7 Å². The molecule has 1 heterocycles. The Hall–Kier alpha value is -3.50. The van der Waals surface area contributed by atoms with E-state index in [1.165, 1.54) is 11.3 Å². The molecule has 2 unspecified atom stereocenters. The van der Waals surface area contributed by atoms with Gasteiger partial charge in [-0.3, -0.25) is 14.5 Å². The fourth-order valence-electron chi connectivity index (χ4n) is 4.45. The fourth-order valence-corrected chi connectivity index (χ4v) is 5.51. The first-order chi connectivity index (χ1) is 17.7. The minimum atomic E-state index is -1.41. The predicted octanol–water partition coefficient (Wildman–Crippen LogP) is 4.68. The molecule has 4 rings (SSSR count). The van der Waals surface area contributed by atoms with Gasteiger partial charge in [-0.2, -0.15) is 0 Å². The molecule has 0 radical (unpaired) electrons. The monoisotopic (exact) mass is 537 g/mol. The normalized spacial score (nSPS) is 13.0. The molecule has 8 nitrogen and oxygen atoms in total. The van der Waals surface area contributed by atoms with Crippen molar-refractivity contribution in [1.29, 1.82) is 0 Å². The maximum absolute atomic E-state index is 13.2. The van der Waals surface area contributed by atoms with Crippen molar-refractivity contribution in [3.63, 3.8) is 0 Å². The zero-order valence-electron chi connectivity index (χ0n) is 20.4. The zero-order valence-corrected chi connectivity index (χ0v) is 22.0. The molecule has 1 aromatic heterocycles. The van der Waals surface area contributed by atoms with E-state index < -0.39 is 24.0 Å². The van der Waals surface area contributed by atoms with Gasteiger partial charge in [-0.25, -0.2) is 4.98 Å². The van der Waals surface area contributed by atoms with Gasteiger partial charge in [-0.15, -0.1) is 0 Å². The van der Waals surface area contributed by atoms with E-state index in [1.54, 1.807) is 48.5 Å². The number of amides is 2. The fraction of sp³-hybridized carbons (Fsp3) is 0.222. The third-order valence-electron chi connectivity index (χ3n) is 6.27. The number of thiazole rings is 1. The van der Waals surface area contributed by atoms with Crippen LogP contribution in [0.3, 0.4) is 0 Å². The van der Waals surface area contributed by atoms with Crippen LogP contribution in [0, 0.1) is 0 Å². The number of anilines is 2. The number of aliphatic hydroxyl groups is 1. The van der Waals surface area contributed by atoms with Gasteiger partial charge in [-0.05, 0) is 60.1 Å². The Morgan fingerprint density at radius 3 is 2.51 bits per heavy atom. The molecule has 0 aliphatic heterocycles. The van der Waals surface area contributed by atoms with Crippen molar-refractivity contribution < 1.29 is 14.7 Å². The van der Waals surface area contributed by atoms with Crippen molar-refractivity contribution in [2.45, 2.75) is 26.0 Å². The number of hydrogen-bond donors (Lipinski definition) is 4. The number of carbonyl (C=O) groups excluding carboxylic acids is 2. The maximum Gasteiger partial charge on any atom is 0.255 e. The average Bonchev–Trinajstić information content (AvgIpc) is 3.26. The minimum Gasteiger partial charge on any atom is -0.381 e. The van der Waals surface area contributed by atoms with Crippen molar-refractivity contribution in [3.05, 3.63) is 76.8 Å². The molecule has 3 aromatic carbocycles. The van der Waals surface area contributed by atoms with Crippen LogP contribution >= 0.6 is 22.9 Å². The zero-order chi connectivity index (χ0) is 26.7. The van der Waals surface area contributed by atoms with Gasteiger partial charge in [0.1, 0.15) is 0 Å². The Kier molecular flexibility index (Phi) is 8.09. The summed E-state index contributed by atoms with van der Waals surface area (Å²) in [4.78, 5) is 31.3. The number of hydrogen-bond acceptors (Lipinski definition) is 7. The second kappa shape index (κ2) is 11.3. The summed E-state index contributed by atoms with van der Waals surface area (Å²) in [5, 5.41) is 14.9. The summed E-state index contributed by atoms with van der Waals surface area (Å²) in [7, 11) is 0. The van der Waals surface area contributed by atoms with E-state index in [0.717, 1.165) is 10.2 Å². The van der Waals surface area contributed by atoms with Crippen LogP contribution in [-0.2, 0) is 4.79 Å². The van der Waals surface area contributed by atoms with Gasteiger partial charge in [0, 0.05) is 16.3 Å². The van der Waals surface area contributed by atoms with E-state index in [4.69, 9.17) is 23.1 Å². The highest BCUT2D eigenvalue weighted by Gasteiger charge is 2.33. The van der Waals surface area contributed by atoms with Crippen molar-refractivity contribution in [1.82, 2.24) is 9.88 Å². The molecule has 2 amide bonds. The van der Waals surface area contributed by atoms with Crippen molar-refractivity contribution >= 4 is 55.8 Å². The topological polar surface area (TPSA) is 135 Å². The Balaban J connectivity index is 1.66. The highest BCUT2D eigenvalue weighted by molar-refractivity contribution is 7.22. The van der Waals surface area contributed by atoms with Gasteiger partial charge in [0.15, 0.2) is 11.2 Å². The van der Waals surface area contributed by atoms with Crippen LogP contribution in [0.15, 0.2) is 60.7 Å². The third kappa shape index (κ3) is 5.60. The van der Waals surface area contributed by atoms with Crippen molar-refractivity contribution in [3.8, 4) is 11.1 Å². The largest absolute Gasteiger partial charge is 0.381 e. The Labute approximate surface area is 223 Å². The SMILES string of the molecule is CCN(CC)C(c1ccc(-c2ccccc2C(N)=O)cc1Cl)C(O)C(=O)Nc1ccc2nc(N)sc2c1. The summed E-state index contributed by atoms with van der Waals surface area (Å²) in [5.74, 6) is -1.10. The number of primary amides is 1. The van der Waals surface area contributed by atoms with Gasteiger partial charge in [0.25, 0.3) is 5.91 Å². The standard InChI is InChI=1S/C27H28ClN5O3S/c1-3-33(4-2)23(24(34)26(36)31-16-10-12-21-22(14-16)37-27(30)32-21)19-11-9-15(13-20(19)28)17-7-5-6-8-18(17)25(29)35/h5-14,23-24,34H,3-4H2,1-2H3,(H2,29,35)(H2,30,32)(H,31,36). The highest BCUT2D eigenvalue weighted by Crippen LogP contribution is 2.35. The van der Waals surface area contributed by atoms with E-state index in [0.29, 0.717) is 51.2 Å². The van der Waals surface area contributed by atoms with Crippen molar-refractivity contribution in [2.75, 3.05) is 24.1 Å². The molecule has 4 aromatic rings. The summed E-state index contributed by atoms with van der Waals surface area (Å²) >= 11 is 8.06. The van der Waals surface area contributed by atoms with Crippen LogP contribution in [0.4, 0.5) is 10.8 Å². The number of rotatable bonds is 9. The summed E-state index contributed by atoms with van der Waals surface area (Å²) in [6.07, 6.45) is -1.41. The summed E-state index contributed by atoms with van der Waals surface area (Å²) in [6.45, 7) is 5.07. The summed E-state index contributed by atoms with van der Waals surface area (Å²) < 4.78 is 0.833. The van der Waals surface area contributed by atoms with Crippen LogP contribution in [0.2, 0.25) is 5.02 Å². The van der Waals surface area contributed by atoms with Crippen LogP contribution in [0.5, 0.6) is 0 Å². The lowest BCUT2D eigenvalue weighted by molar-refractivity contribution is -0.127. The molecule has 0 aliphatic rings. The number of aromatic nitrogens is 1. The Morgan fingerprint density at radius 2 is 1.84 bits per heavy atom. The summed E-state index contributed by atoms with van der Waals surface area (Å²) in [5.41, 5.74) is 14.9. The number of nitrogens with one attached hydrogen (secondary N) is 1. The molecular formula is C27H28ClN5O3S. The number of carbonyl (C=O) groups is 2. The number of halogens is 1. The van der Waals surface area contributed by atoms with E-state index in [-0.39, 0.29) is 0 Å². The molecule has 192 valence electrons. The molecule has 37 heavy (non-hydrogen) atoms. The molecule has 2 atom stereocenters. The van der Waals surface area contributed by atoms with Gasteiger partial charge in [0.2, 0.25) is 5.91 Å². The number of nitrogens with two attached hydrogens (primary N) is 2. The molecule has 0 bridgehead atoms. The molecule has 0 fully saturated rings. The van der Waals surface area contributed by atoms with E-state index in [1.807, 2.05) is 30.9 Å². The predicted molar refractivity (Wildman–Crippen MR) is 150 cm³/mol. The molecule has 0 aliphatic carbocycles. The van der Waals surface area contributed by atoms with Crippen LogP contribution in [-0.4, -0.2) is 46.0 Å². The van der Waals surface area contributed by atoms with Crippen molar-refractivity contribution in [2.24, 2.45) is 5.73 Å².